The molecule has 1 saturated heterocycles. The second-order valence-electron chi connectivity index (χ2n) is 6.44. The molecule has 0 bridgehead atoms. The first-order valence-electron chi connectivity index (χ1n) is 7.19. The molecule has 1 amide bonds. The molecule has 0 aromatic carbocycles. The van der Waals surface area contributed by atoms with Gasteiger partial charge in [0.05, 0.1) is 11.6 Å². The fourth-order valence-corrected chi connectivity index (χ4v) is 3.33. The number of piperidine rings is 1. The van der Waals surface area contributed by atoms with Gasteiger partial charge in [-0.2, -0.15) is 0 Å². The maximum atomic E-state index is 12.6. The lowest BCUT2D eigenvalue weighted by Crippen LogP contribution is -2.60. The molecule has 0 radical (unpaired) electrons. The van der Waals surface area contributed by atoms with E-state index in [1.54, 1.807) is 4.90 Å². The van der Waals surface area contributed by atoms with E-state index in [1.807, 2.05) is 6.92 Å². The predicted octanol–water partition coefficient (Wildman–Crippen LogP) is 1.12. The standard InChI is InChI=1S/C14H26N2O2/c1-10-4-3-6-14(15,8-10)13(18)16-7-5-11(2)12(17)9-16/h10-12,17H,3-9,15H2,1-2H3. The summed E-state index contributed by atoms with van der Waals surface area (Å²) in [6.45, 7) is 5.40. The summed E-state index contributed by atoms with van der Waals surface area (Å²) in [6.07, 6.45) is 4.26. The smallest absolute Gasteiger partial charge is 0.242 e. The van der Waals surface area contributed by atoms with Crippen molar-refractivity contribution < 1.29 is 9.90 Å². The highest BCUT2D eigenvalue weighted by Gasteiger charge is 2.42. The Bertz CT molecular complexity index is 321. The van der Waals surface area contributed by atoms with Gasteiger partial charge in [0.1, 0.15) is 0 Å². The number of carbonyl (C=O) groups excluding carboxylic acids is 1. The summed E-state index contributed by atoms with van der Waals surface area (Å²) in [5, 5.41) is 9.90. The topological polar surface area (TPSA) is 66.6 Å². The zero-order valence-electron chi connectivity index (χ0n) is 11.6. The number of aliphatic hydroxyl groups is 1. The Balaban J connectivity index is 2.02. The van der Waals surface area contributed by atoms with Crippen molar-refractivity contribution in [2.24, 2.45) is 17.6 Å². The van der Waals surface area contributed by atoms with Crippen LogP contribution in [-0.2, 0) is 4.79 Å². The first kappa shape index (κ1) is 13.8. The quantitative estimate of drug-likeness (QED) is 0.737. The van der Waals surface area contributed by atoms with Gasteiger partial charge in [-0.3, -0.25) is 4.79 Å². The minimum absolute atomic E-state index is 0.0556. The highest BCUT2D eigenvalue weighted by Crippen LogP contribution is 2.32. The normalized spacial score (nSPS) is 41.8. The minimum atomic E-state index is -0.683. The molecule has 4 unspecified atom stereocenters. The molecule has 3 N–H and O–H groups in total. The summed E-state index contributed by atoms with van der Waals surface area (Å²) >= 11 is 0. The van der Waals surface area contributed by atoms with Crippen molar-refractivity contribution in [1.29, 1.82) is 0 Å². The van der Waals surface area contributed by atoms with E-state index < -0.39 is 11.6 Å². The molecule has 18 heavy (non-hydrogen) atoms. The van der Waals surface area contributed by atoms with Gasteiger partial charge < -0.3 is 15.7 Å². The van der Waals surface area contributed by atoms with Gasteiger partial charge in [0, 0.05) is 13.1 Å². The van der Waals surface area contributed by atoms with Crippen LogP contribution in [0, 0.1) is 11.8 Å². The van der Waals surface area contributed by atoms with Crippen LogP contribution in [0.3, 0.4) is 0 Å². The van der Waals surface area contributed by atoms with Gasteiger partial charge in [-0.25, -0.2) is 0 Å². The third kappa shape index (κ3) is 2.69. The van der Waals surface area contributed by atoms with Crippen molar-refractivity contribution in [1.82, 2.24) is 4.90 Å². The lowest BCUT2D eigenvalue weighted by atomic mass is 9.76. The van der Waals surface area contributed by atoms with E-state index in [-0.39, 0.29) is 11.8 Å². The number of nitrogens with zero attached hydrogens (tertiary/aromatic N) is 1. The number of hydrogen-bond donors (Lipinski definition) is 2. The number of nitrogens with two attached hydrogens (primary N) is 1. The van der Waals surface area contributed by atoms with Crippen LogP contribution in [-0.4, -0.2) is 40.6 Å². The number of hydrogen-bond acceptors (Lipinski definition) is 3. The molecule has 2 rings (SSSR count). The predicted molar refractivity (Wildman–Crippen MR) is 70.9 cm³/mol. The Kier molecular flexibility index (Phi) is 3.97. The molecule has 4 nitrogen and oxygen atoms in total. The lowest BCUT2D eigenvalue weighted by molar-refractivity contribution is -0.143. The Labute approximate surface area is 110 Å². The maximum absolute atomic E-state index is 12.6. The molecule has 0 spiro atoms. The number of carbonyl (C=O) groups is 1. The molecule has 1 saturated carbocycles. The van der Waals surface area contributed by atoms with Gasteiger partial charge in [-0.1, -0.05) is 26.7 Å². The van der Waals surface area contributed by atoms with Crippen LogP contribution in [0.5, 0.6) is 0 Å². The van der Waals surface area contributed by atoms with E-state index in [9.17, 15) is 9.90 Å². The summed E-state index contributed by atoms with van der Waals surface area (Å²) < 4.78 is 0. The molecular weight excluding hydrogens is 228 g/mol. The van der Waals surface area contributed by atoms with Gasteiger partial charge in [0.15, 0.2) is 0 Å². The van der Waals surface area contributed by atoms with Crippen LogP contribution in [0.25, 0.3) is 0 Å². The number of likely N-dealkylation sites (tertiary alicyclic amines) is 1. The molecule has 0 aromatic rings. The van der Waals surface area contributed by atoms with Crippen LogP contribution in [0.4, 0.5) is 0 Å². The maximum Gasteiger partial charge on any atom is 0.242 e. The second-order valence-corrected chi connectivity index (χ2v) is 6.44. The highest BCUT2D eigenvalue weighted by atomic mass is 16.3. The Hall–Kier alpha value is -0.610. The van der Waals surface area contributed by atoms with Gasteiger partial charge in [0.25, 0.3) is 0 Å². The molecule has 0 aromatic heterocycles. The van der Waals surface area contributed by atoms with Crippen molar-refractivity contribution in [3.8, 4) is 0 Å². The van der Waals surface area contributed by atoms with E-state index in [0.717, 1.165) is 32.2 Å². The van der Waals surface area contributed by atoms with E-state index in [2.05, 4.69) is 6.92 Å². The Morgan fingerprint density at radius 1 is 1.39 bits per heavy atom. The van der Waals surface area contributed by atoms with E-state index in [1.165, 1.54) is 6.42 Å². The fraction of sp³-hybridized carbons (Fsp3) is 0.929. The molecule has 2 aliphatic rings. The van der Waals surface area contributed by atoms with Gasteiger partial charge >= 0.3 is 0 Å². The molecule has 4 heteroatoms. The van der Waals surface area contributed by atoms with Crippen LogP contribution in [0.1, 0.15) is 46.0 Å². The third-order valence-corrected chi connectivity index (χ3v) is 4.66. The number of aliphatic hydroxyl groups excluding tert-OH is 1. The van der Waals surface area contributed by atoms with Crippen LogP contribution in [0.15, 0.2) is 0 Å². The Morgan fingerprint density at radius 3 is 2.72 bits per heavy atom. The third-order valence-electron chi connectivity index (χ3n) is 4.66. The van der Waals surface area contributed by atoms with Gasteiger partial charge in [0.2, 0.25) is 5.91 Å². The van der Waals surface area contributed by atoms with Crippen LogP contribution < -0.4 is 5.73 Å². The zero-order chi connectivity index (χ0) is 13.3. The summed E-state index contributed by atoms with van der Waals surface area (Å²) in [5.41, 5.74) is 5.65. The Morgan fingerprint density at radius 2 is 2.11 bits per heavy atom. The average molecular weight is 254 g/mol. The van der Waals surface area contributed by atoms with Gasteiger partial charge in [-0.15, -0.1) is 0 Å². The molecule has 1 heterocycles. The second kappa shape index (κ2) is 5.17. The number of amides is 1. The average Bonchev–Trinajstić information content (AvgIpc) is 2.31. The van der Waals surface area contributed by atoms with Crippen molar-refractivity contribution >= 4 is 5.91 Å². The summed E-state index contributed by atoms with van der Waals surface area (Å²) in [4.78, 5) is 14.3. The van der Waals surface area contributed by atoms with Crippen molar-refractivity contribution in [3.05, 3.63) is 0 Å². The SMILES string of the molecule is CC1CCCC(N)(C(=O)N2CCC(C)C(O)C2)C1. The van der Waals surface area contributed by atoms with Crippen molar-refractivity contribution in [2.75, 3.05) is 13.1 Å². The summed E-state index contributed by atoms with van der Waals surface area (Å²) in [7, 11) is 0. The number of β-amino-alcohol motifs (C(OH)–C–C–N with tert-alkyl or cyclic N) is 1. The molecule has 104 valence electrons. The zero-order valence-corrected chi connectivity index (χ0v) is 11.6. The van der Waals surface area contributed by atoms with Crippen molar-refractivity contribution in [3.63, 3.8) is 0 Å². The number of rotatable bonds is 1. The van der Waals surface area contributed by atoms with E-state index in [0.29, 0.717) is 12.5 Å². The van der Waals surface area contributed by atoms with Gasteiger partial charge in [-0.05, 0) is 31.1 Å². The molecule has 2 fully saturated rings. The first-order valence-corrected chi connectivity index (χ1v) is 7.19. The first-order chi connectivity index (χ1) is 8.42. The molecule has 1 aliphatic carbocycles. The largest absolute Gasteiger partial charge is 0.391 e. The van der Waals surface area contributed by atoms with E-state index in [4.69, 9.17) is 5.73 Å². The fourth-order valence-electron chi connectivity index (χ4n) is 3.33. The van der Waals surface area contributed by atoms with Crippen LogP contribution in [0.2, 0.25) is 0 Å². The van der Waals surface area contributed by atoms with E-state index >= 15 is 0 Å². The summed E-state index contributed by atoms with van der Waals surface area (Å²) in [5.74, 6) is 0.870. The molecule has 1 aliphatic heterocycles. The van der Waals surface area contributed by atoms with Crippen molar-refractivity contribution in [2.45, 2.75) is 57.6 Å². The highest BCUT2D eigenvalue weighted by molar-refractivity contribution is 5.86. The molecular formula is C14H26N2O2. The monoisotopic (exact) mass is 254 g/mol. The lowest BCUT2D eigenvalue weighted by Gasteiger charge is -2.42. The summed E-state index contributed by atoms with van der Waals surface area (Å²) in [6, 6.07) is 0. The molecule has 4 atom stereocenters. The van der Waals surface area contributed by atoms with Crippen LogP contribution >= 0.6 is 0 Å². The minimum Gasteiger partial charge on any atom is -0.391 e.